The Morgan fingerprint density at radius 2 is 1.87 bits per heavy atom. The van der Waals surface area contributed by atoms with E-state index in [9.17, 15) is 19.8 Å². The number of aliphatic hydroxyl groups excluding tert-OH is 1. The van der Waals surface area contributed by atoms with Gasteiger partial charge in [0.15, 0.2) is 11.9 Å². The van der Waals surface area contributed by atoms with Crippen molar-refractivity contribution in [3.63, 3.8) is 0 Å². The van der Waals surface area contributed by atoms with Gasteiger partial charge in [0, 0.05) is 12.8 Å². The Hall–Kier alpha value is -1.24. The monoisotopic (exact) mass is 528 g/mol. The highest BCUT2D eigenvalue weighted by Crippen LogP contribution is 2.87. The van der Waals surface area contributed by atoms with Gasteiger partial charge in [0.1, 0.15) is 6.10 Å². The topological polar surface area (TPSA) is 93.1 Å². The Morgan fingerprint density at radius 3 is 2.50 bits per heavy atom. The van der Waals surface area contributed by atoms with Crippen molar-refractivity contribution in [2.24, 2.45) is 44.8 Å². The number of carbonyl (C=O) groups excluding carboxylic acids is 2. The molecule has 2 N–H and O–H groups in total. The van der Waals surface area contributed by atoms with E-state index in [4.69, 9.17) is 9.47 Å². The van der Waals surface area contributed by atoms with Crippen LogP contribution < -0.4 is 0 Å². The third-order valence-corrected chi connectivity index (χ3v) is 13.2. The van der Waals surface area contributed by atoms with Crippen LogP contribution in [0, 0.1) is 44.8 Å². The van der Waals surface area contributed by atoms with Gasteiger partial charge in [-0.05, 0) is 99.2 Å². The molecule has 5 aliphatic carbocycles. The number of allylic oxidation sites excluding steroid dienone is 2. The molecule has 38 heavy (non-hydrogen) atoms. The molecular weight excluding hydrogens is 480 g/mol. The van der Waals surface area contributed by atoms with Gasteiger partial charge in [0.25, 0.3) is 0 Å². The highest BCUT2D eigenvalue weighted by Gasteiger charge is 2.83. The van der Waals surface area contributed by atoms with E-state index < -0.39 is 35.3 Å². The quantitative estimate of drug-likeness (QED) is 0.396. The fraction of sp³-hybridized carbons (Fsp3) is 0.875. The van der Waals surface area contributed by atoms with E-state index in [1.54, 1.807) is 13.8 Å². The summed E-state index contributed by atoms with van der Waals surface area (Å²) in [6.45, 7) is 15.9. The lowest BCUT2D eigenvalue weighted by Crippen LogP contribution is -2.55. The number of rotatable bonds is 3. The first kappa shape index (κ1) is 27.0. The van der Waals surface area contributed by atoms with Crippen LogP contribution in [-0.4, -0.2) is 52.0 Å². The Morgan fingerprint density at radius 1 is 1.18 bits per heavy atom. The zero-order valence-corrected chi connectivity index (χ0v) is 24.6. The van der Waals surface area contributed by atoms with Crippen LogP contribution in [-0.2, 0) is 19.1 Å². The van der Waals surface area contributed by atoms with E-state index in [1.807, 2.05) is 0 Å². The summed E-state index contributed by atoms with van der Waals surface area (Å²) in [5.74, 6) is 0.457. The predicted octanol–water partition coefficient (Wildman–Crippen LogP) is 4.99. The van der Waals surface area contributed by atoms with Crippen molar-refractivity contribution in [2.75, 3.05) is 0 Å². The van der Waals surface area contributed by atoms with E-state index in [0.29, 0.717) is 12.3 Å². The van der Waals surface area contributed by atoms with Crippen molar-refractivity contribution in [3.8, 4) is 0 Å². The molecule has 0 aromatic rings. The molecule has 0 aromatic carbocycles. The van der Waals surface area contributed by atoms with Gasteiger partial charge in [-0.2, -0.15) is 0 Å². The Bertz CT molecular complexity index is 1100. The first-order valence-corrected chi connectivity index (χ1v) is 15.0. The fourth-order valence-corrected chi connectivity index (χ4v) is 11.2. The number of ketones is 1. The number of esters is 1. The predicted molar refractivity (Wildman–Crippen MR) is 143 cm³/mol. The summed E-state index contributed by atoms with van der Waals surface area (Å²) in [7, 11) is 0. The maximum absolute atomic E-state index is 14.7. The van der Waals surface area contributed by atoms with Crippen molar-refractivity contribution < 1.29 is 29.3 Å². The number of hydrogen-bond donors (Lipinski definition) is 2. The second-order valence-corrected chi connectivity index (χ2v) is 15.6. The van der Waals surface area contributed by atoms with Crippen LogP contribution in [0.1, 0.15) is 100 Å². The highest BCUT2D eigenvalue weighted by molar-refractivity contribution is 5.96. The first-order chi connectivity index (χ1) is 17.5. The zero-order chi connectivity index (χ0) is 27.8. The fourth-order valence-electron chi connectivity index (χ4n) is 11.2. The maximum Gasteiger partial charge on any atom is 0.303 e. The van der Waals surface area contributed by atoms with Crippen molar-refractivity contribution in [3.05, 3.63) is 11.6 Å². The molecule has 212 valence electrons. The van der Waals surface area contributed by atoms with Crippen molar-refractivity contribution in [1.29, 1.82) is 0 Å². The Kier molecular flexibility index (Phi) is 5.48. The average molecular weight is 529 g/mol. The third-order valence-electron chi connectivity index (χ3n) is 13.2. The Labute approximate surface area is 227 Å². The largest absolute Gasteiger partial charge is 0.457 e. The standard InChI is InChI=1S/C32H48O6/c1-17-15-19(26(28(5,6)36)37-18(2)33)38-24-23(17)29(7)13-14-32-16-31(32)12-11-22(34)27(3,4)20(31)9-10-21(32)30(29,8)25(24)35/h10,17,19-20,22-24,26,34,36H,9,11-16H2,1-8H3/t17-,19-,20-,22+,23+,24-,26+,29-,30-,31-,32+/m1/s1. The molecule has 4 saturated carbocycles. The van der Waals surface area contributed by atoms with Crippen LogP contribution in [0.15, 0.2) is 11.6 Å². The number of aliphatic hydroxyl groups is 2. The normalized spacial score (nSPS) is 51.4. The van der Waals surface area contributed by atoms with Crippen LogP contribution in [0.4, 0.5) is 0 Å². The molecule has 1 aliphatic heterocycles. The lowest BCUT2D eigenvalue weighted by molar-refractivity contribution is -0.207. The highest BCUT2D eigenvalue weighted by atomic mass is 16.6. The SMILES string of the molecule is CC(=O)O[C@@H]([C@H]1C[C@@H](C)[C@H]2[C@@H](O1)C(=O)[C@@]1(C)C3=CC[C@@H]4C(C)(C)[C@@H](O)CC[C@@]45C[C@@]35CC[C@]21C)C(C)(C)O. The molecule has 6 nitrogen and oxygen atoms in total. The molecule has 0 unspecified atom stereocenters. The van der Waals surface area contributed by atoms with Crippen LogP contribution >= 0.6 is 0 Å². The molecule has 1 saturated heterocycles. The van der Waals surface area contributed by atoms with Crippen LogP contribution in [0.2, 0.25) is 0 Å². The minimum absolute atomic E-state index is 0.0702. The van der Waals surface area contributed by atoms with Crippen LogP contribution in [0.25, 0.3) is 0 Å². The average Bonchev–Trinajstić information content (AvgIpc) is 3.44. The van der Waals surface area contributed by atoms with Gasteiger partial charge in [-0.15, -0.1) is 0 Å². The molecule has 0 bridgehead atoms. The minimum atomic E-state index is -1.28. The summed E-state index contributed by atoms with van der Waals surface area (Å²) < 4.78 is 12.2. The third kappa shape index (κ3) is 3.01. The number of hydrogen-bond acceptors (Lipinski definition) is 6. The molecule has 6 aliphatic rings. The van der Waals surface area contributed by atoms with Gasteiger partial charge in [-0.1, -0.05) is 39.3 Å². The summed E-state index contributed by atoms with van der Waals surface area (Å²) in [6.07, 6.45) is 6.97. The van der Waals surface area contributed by atoms with E-state index in [0.717, 1.165) is 38.5 Å². The smallest absolute Gasteiger partial charge is 0.303 e. The lowest BCUT2D eigenvalue weighted by atomic mass is 9.45. The maximum atomic E-state index is 14.7. The molecule has 5 fully saturated rings. The number of ether oxygens (including phenoxy) is 2. The first-order valence-electron chi connectivity index (χ1n) is 15.0. The van der Waals surface area contributed by atoms with Gasteiger partial charge >= 0.3 is 5.97 Å². The summed E-state index contributed by atoms with van der Waals surface area (Å²) in [5, 5.41) is 21.8. The number of carbonyl (C=O) groups is 2. The summed E-state index contributed by atoms with van der Waals surface area (Å²) in [6, 6.07) is 0. The molecule has 6 rings (SSSR count). The summed E-state index contributed by atoms with van der Waals surface area (Å²) in [4.78, 5) is 26.6. The zero-order valence-electron chi connectivity index (χ0n) is 24.6. The molecule has 0 amide bonds. The molecule has 0 radical (unpaired) electrons. The van der Waals surface area contributed by atoms with E-state index >= 15 is 0 Å². The molecule has 0 aromatic heterocycles. The van der Waals surface area contributed by atoms with E-state index in [2.05, 4.69) is 40.7 Å². The molecule has 2 spiro atoms. The summed E-state index contributed by atoms with van der Waals surface area (Å²) >= 11 is 0. The Balaban J connectivity index is 1.39. The van der Waals surface area contributed by atoms with Crippen LogP contribution in [0.5, 0.6) is 0 Å². The van der Waals surface area contributed by atoms with E-state index in [1.165, 1.54) is 12.5 Å². The van der Waals surface area contributed by atoms with Crippen molar-refractivity contribution in [2.45, 2.75) is 130 Å². The van der Waals surface area contributed by atoms with Crippen molar-refractivity contribution in [1.82, 2.24) is 0 Å². The summed E-state index contributed by atoms with van der Waals surface area (Å²) in [5.41, 5.74) is -0.559. The minimum Gasteiger partial charge on any atom is -0.457 e. The number of fused-ring (bicyclic) bond motifs is 4. The van der Waals surface area contributed by atoms with Gasteiger partial charge < -0.3 is 19.7 Å². The molecule has 1 heterocycles. The molecular formula is C32H48O6. The van der Waals surface area contributed by atoms with Gasteiger partial charge in [-0.25, -0.2) is 0 Å². The second kappa shape index (κ2) is 7.73. The molecule has 11 atom stereocenters. The van der Waals surface area contributed by atoms with Gasteiger partial charge in [0.2, 0.25) is 0 Å². The number of Topliss-reactive ketones (excluding diaryl/α,β-unsaturated/α-hetero) is 1. The second-order valence-electron chi connectivity index (χ2n) is 15.6. The van der Waals surface area contributed by atoms with Crippen LogP contribution in [0.3, 0.4) is 0 Å². The molecule has 6 heteroatoms. The van der Waals surface area contributed by atoms with Crippen molar-refractivity contribution >= 4 is 11.8 Å². The van der Waals surface area contributed by atoms with Gasteiger partial charge in [0.05, 0.1) is 23.2 Å². The van der Waals surface area contributed by atoms with Gasteiger partial charge in [-0.3, -0.25) is 9.59 Å². The lowest BCUT2D eigenvalue weighted by Gasteiger charge is -2.59. The van der Waals surface area contributed by atoms with E-state index in [-0.39, 0.29) is 45.4 Å².